The van der Waals surface area contributed by atoms with E-state index in [0.717, 1.165) is 50.3 Å². The number of hydrogen-bond donors (Lipinski definition) is 1. The smallest absolute Gasteiger partial charge is 0.321 e. The summed E-state index contributed by atoms with van der Waals surface area (Å²) >= 11 is 0. The number of anilines is 1. The molecule has 1 aromatic rings. The monoisotopic (exact) mass is 358 g/mol. The molecule has 6 heteroatoms. The Hall–Kier alpha value is -2.08. The van der Waals surface area contributed by atoms with E-state index >= 15 is 0 Å². The zero-order valence-corrected chi connectivity index (χ0v) is 15.7. The molecule has 6 nitrogen and oxygen atoms in total. The van der Waals surface area contributed by atoms with Gasteiger partial charge in [0, 0.05) is 45.0 Å². The van der Waals surface area contributed by atoms with Crippen LogP contribution in [0.4, 0.5) is 10.5 Å². The first kappa shape index (κ1) is 18.7. The average Bonchev–Trinajstić information content (AvgIpc) is 2.92. The number of benzene rings is 1. The third-order valence-electron chi connectivity index (χ3n) is 5.25. The molecule has 3 rings (SSSR count). The lowest BCUT2D eigenvalue weighted by atomic mass is 10.2. The number of carbonyl (C=O) groups is 2. The molecule has 26 heavy (non-hydrogen) atoms. The number of hydrogen-bond acceptors (Lipinski definition) is 3. The van der Waals surface area contributed by atoms with Crippen LogP contribution in [0.25, 0.3) is 0 Å². The van der Waals surface area contributed by atoms with E-state index in [1.54, 1.807) is 0 Å². The number of amides is 3. The van der Waals surface area contributed by atoms with E-state index in [9.17, 15) is 9.59 Å². The Morgan fingerprint density at radius 2 is 1.62 bits per heavy atom. The van der Waals surface area contributed by atoms with Crippen LogP contribution < -0.4 is 5.32 Å². The molecule has 0 aliphatic carbocycles. The SMILES string of the molecule is Cc1cccc(NC(=O)N2CCN(CC(=O)N3CCCCCC3)CC2)c1. The predicted molar refractivity (Wildman–Crippen MR) is 103 cm³/mol. The van der Waals surface area contributed by atoms with Crippen molar-refractivity contribution in [3.63, 3.8) is 0 Å². The fraction of sp³-hybridized carbons (Fsp3) is 0.600. The van der Waals surface area contributed by atoms with Crippen LogP contribution in [0.3, 0.4) is 0 Å². The second-order valence-corrected chi connectivity index (χ2v) is 7.36. The minimum atomic E-state index is -0.0610. The fourth-order valence-corrected chi connectivity index (χ4v) is 3.65. The molecular weight excluding hydrogens is 328 g/mol. The van der Waals surface area contributed by atoms with Crippen molar-refractivity contribution >= 4 is 17.6 Å². The number of rotatable bonds is 3. The topological polar surface area (TPSA) is 55.9 Å². The largest absolute Gasteiger partial charge is 0.342 e. The van der Waals surface area contributed by atoms with Gasteiger partial charge < -0.3 is 15.1 Å². The molecule has 2 fully saturated rings. The summed E-state index contributed by atoms with van der Waals surface area (Å²) in [6.45, 7) is 7.11. The minimum absolute atomic E-state index is 0.0610. The molecule has 0 radical (unpaired) electrons. The van der Waals surface area contributed by atoms with Gasteiger partial charge in [0.25, 0.3) is 0 Å². The zero-order chi connectivity index (χ0) is 18.4. The van der Waals surface area contributed by atoms with E-state index in [2.05, 4.69) is 10.2 Å². The summed E-state index contributed by atoms with van der Waals surface area (Å²) in [6.07, 6.45) is 4.72. The molecule has 2 aliphatic rings. The first-order valence-corrected chi connectivity index (χ1v) is 9.74. The Bertz CT molecular complexity index is 618. The highest BCUT2D eigenvalue weighted by atomic mass is 16.2. The van der Waals surface area contributed by atoms with E-state index in [1.807, 2.05) is 41.0 Å². The number of carbonyl (C=O) groups excluding carboxylic acids is 2. The summed E-state index contributed by atoms with van der Waals surface area (Å²) in [4.78, 5) is 30.9. The normalized spacial score (nSPS) is 19.1. The lowest BCUT2D eigenvalue weighted by Gasteiger charge is -2.35. The van der Waals surface area contributed by atoms with Crippen LogP contribution in [0.15, 0.2) is 24.3 Å². The van der Waals surface area contributed by atoms with Gasteiger partial charge in [-0.1, -0.05) is 25.0 Å². The van der Waals surface area contributed by atoms with Crippen LogP contribution in [0.1, 0.15) is 31.2 Å². The van der Waals surface area contributed by atoms with Crippen molar-refractivity contribution in [2.75, 3.05) is 51.1 Å². The number of piperazine rings is 1. The lowest BCUT2D eigenvalue weighted by Crippen LogP contribution is -2.52. The molecule has 0 atom stereocenters. The van der Waals surface area contributed by atoms with Crippen LogP contribution in [0, 0.1) is 6.92 Å². The first-order chi connectivity index (χ1) is 12.6. The molecule has 1 aromatic carbocycles. The summed E-state index contributed by atoms with van der Waals surface area (Å²) < 4.78 is 0. The van der Waals surface area contributed by atoms with Crippen LogP contribution in [0.5, 0.6) is 0 Å². The third-order valence-corrected chi connectivity index (χ3v) is 5.25. The van der Waals surface area contributed by atoms with Gasteiger partial charge >= 0.3 is 6.03 Å². The van der Waals surface area contributed by atoms with Crippen molar-refractivity contribution < 1.29 is 9.59 Å². The number of nitrogens with one attached hydrogen (secondary N) is 1. The lowest BCUT2D eigenvalue weighted by molar-refractivity contribution is -0.132. The molecule has 2 heterocycles. The first-order valence-electron chi connectivity index (χ1n) is 9.74. The summed E-state index contributed by atoms with van der Waals surface area (Å²) in [5, 5.41) is 2.96. The second-order valence-electron chi connectivity index (χ2n) is 7.36. The number of urea groups is 1. The Kier molecular flexibility index (Phi) is 6.50. The second kappa shape index (κ2) is 9.03. The van der Waals surface area contributed by atoms with Crippen molar-refractivity contribution in [1.82, 2.24) is 14.7 Å². The summed E-state index contributed by atoms with van der Waals surface area (Å²) in [5.41, 5.74) is 1.95. The van der Waals surface area contributed by atoms with Gasteiger partial charge in [-0.2, -0.15) is 0 Å². The summed E-state index contributed by atoms with van der Waals surface area (Å²) in [7, 11) is 0. The molecule has 2 saturated heterocycles. The summed E-state index contributed by atoms with van der Waals surface area (Å²) in [5.74, 6) is 0.240. The van der Waals surface area contributed by atoms with Crippen molar-refractivity contribution in [3.8, 4) is 0 Å². The van der Waals surface area contributed by atoms with Gasteiger partial charge in [0.1, 0.15) is 0 Å². The predicted octanol–water partition coefficient (Wildman–Crippen LogP) is 2.55. The van der Waals surface area contributed by atoms with Crippen molar-refractivity contribution in [1.29, 1.82) is 0 Å². The Morgan fingerprint density at radius 3 is 2.27 bits per heavy atom. The standard InChI is InChI=1S/C20H30N4O2/c1-17-7-6-8-18(15-17)21-20(26)24-13-11-22(12-14-24)16-19(25)23-9-4-2-3-5-10-23/h6-8,15H,2-5,9-14,16H2,1H3,(H,21,26). The Labute approximate surface area is 156 Å². The Balaban J connectivity index is 1.43. The molecule has 0 spiro atoms. The van der Waals surface area contributed by atoms with Crippen LogP contribution >= 0.6 is 0 Å². The molecule has 142 valence electrons. The number of likely N-dealkylation sites (tertiary alicyclic amines) is 1. The average molecular weight is 358 g/mol. The highest BCUT2D eigenvalue weighted by molar-refractivity contribution is 5.89. The highest BCUT2D eigenvalue weighted by Crippen LogP contribution is 2.13. The van der Waals surface area contributed by atoms with Gasteiger partial charge in [-0.25, -0.2) is 4.79 Å². The highest BCUT2D eigenvalue weighted by Gasteiger charge is 2.24. The molecule has 0 saturated carbocycles. The van der Waals surface area contributed by atoms with Gasteiger partial charge in [0.05, 0.1) is 6.54 Å². The van der Waals surface area contributed by atoms with E-state index in [1.165, 1.54) is 12.8 Å². The van der Waals surface area contributed by atoms with Crippen LogP contribution in [-0.2, 0) is 4.79 Å². The maximum Gasteiger partial charge on any atom is 0.321 e. The van der Waals surface area contributed by atoms with E-state index < -0.39 is 0 Å². The zero-order valence-electron chi connectivity index (χ0n) is 15.7. The number of aryl methyl sites for hydroxylation is 1. The van der Waals surface area contributed by atoms with Gasteiger partial charge in [0.15, 0.2) is 0 Å². The van der Waals surface area contributed by atoms with Crippen molar-refractivity contribution in [3.05, 3.63) is 29.8 Å². The summed E-state index contributed by atoms with van der Waals surface area (Å²) in [6, 6.07) is 7.76. The Morgan fingerprint density at radius 1 is 0.923 bits per heavy atom. The molecule has 0 aromatic heterocycles. The van der Waals surface area contributed by atoms with E-state index in [4.69, 9.17) is 0 Å². The van der Waals surface area contributed by atoms with Crippen molar-refractivity contribution in [2.24, 2.45) is 0 Å². The van der Waals surface area contributed by atoms with Gasteiger partial charge in [-0.3, -0.25) is 9.69 Å². The van der Waals surface area contributed by atoms with Crippen LogP contribution in [-0.4, -0.2) is 72.5 Å². The molecule has 0 unspecified atom stereocenters. The van der Waals surface area contributed by atoms with Gasteiger partial charge in [-0.15, -0.1) is 0 Å². The van der Waals surface area contributed by atoms with Gasteiger partial charge in [-0.05, 0) is 37.5 Å². The molecule has 1 N–H and O–H groups in total. The minimum Gasteiger partial charge on any atom is -0.342 e. The number of nitrogens with zero attached hydrogens (tertiary/aromatic N) is 3. The quantitative estimate of drug-likeness (QED) is 0.903. The molecule has 0 bridgehead atoms. The fourth-order valence-electron chi connectivity index (χ4n) is 3.65. The third kappa shape index (κ3) is 5.21. The van der Waals surface area contributed by atoms with Crippen LogP contribution in [0.2, 0.25) is 0 Å². The van der Waals surface area contributed by atoms with Gasteiger partial charge in [0.2, 0.25) is 5.91 Å². The van der Waals surface area contributed by atoms with Crippen molar-refractivity contribution in [2.45, 2.75) is 32.6 Å². The molecule has 2 aliphatic heterocycles. The van der Waals surface area contributed by atoms with E-state index in [-0.39, 0.29) is 11.9 Å². The molecular formula is C20H30N4O2. The molecule has 3 amide bonds. The maximum absolute atomic E-state index is 12.5. The maximum atomic E-state index is 12.5. The van der Waals surface area contributed by atoms with E-state index in [0.29, 0.717) is 19.6 Å².